The molecule has 0 spiro atoms. The minimum absolute atomic E-state index is 0.0827. The predicted molar refractivity (Wildman–Crippen MR) is 69.1 cm³/mol. The van der Waals surface area contributed by atoms with Crippen LogP contribution in [0.1, 0.15) is 25.8 Å². The van der Waals surface area contributed by atoms with Crippen LogP contribution >= 0.6 is 11.6 Å². The first kappa shape index (κ1) is 13.0. The Morgan fingerprint density at radius 2 is 2.06 bits per heavy atom. The van der Waals surface area contributed by atoms with Gasteiger partial charge in [-0.15, -0.1) is 11.6 Å². The van der Waals surface area contributed by atoms with Crippen LogP contribution in [0.5, 0.6) is 0 Å². The zero-order chi connectivity index (χ0) is 12.1. The van der Waals surface area contributed by atoms with Crippen molar-refractivity contribution in [2.24, 2.45) is 0 Å². The molecule has 0 bridgehead atoms. The molecule has 1 atom stereocenters. The van der Waals surface area contributed by atoms with Crippen molar-refractivity contribution in [2.45, 2.75) is 32.6 Å². The summed E-state index contributed by atoms with van der Waals surface area (Å²) >= 11 is 5.85. The minimum Gasteiger partial charge on any atom is -0.312 e. The van der Waals surface area contributed by atoms with Gasteiger partial charge in [0, 0.05) is 24.0 Å². The third-order valence-electron chi connectivity index (χ3n) is 2.48. The maximum atomic E-state index is 12.0. The molecule has 0 saturated carbocycles. The zero-order valence-electron chi connectivity index (χ0n) is 10.0. The van der Waals surface area contributed by atoms with Gasteiger partial charge < -0.3 is 4.90 Å². The van der Waals surface area contributed by atoms with E-state index in [1.54, 1.807) is 4.90 Å². The number of carbonyl (C=O) groups excluding carboxylic acids is 1. The van der Waals surface area contributed by atoms with Crippen LogP contribution in [0.3, 0.4) is 0 Å². The standard InChI is InChI=1S/C13H18ClNO/c1-4-15(13(16)9-11(3)14)12-8-6-5-7-10(12)2/h5-8,11H,4,9H2,1-3H3. The molecule has 1 rings (SSSR count). The second-order valence-corrected chi connectivity index (χ2v) is 4.65. The Bertz CT molecular complexity index is 363. The van der Waals surface area contributed by atoms with E-state index in [-0.39, 0.29) is 11.3 Å². The lowest BCUT2D eigenvalue weighted by molar-refractivity contribution is -0.118. The Labute approximate surface area is 102 Å². The minimum atomic E-state index is -0.120. The number of aryl methyl sites for hydroxylation is 1. The highest BCUT2D eigenvalue weighted by molar-refractivity contribution is 6.21. The molecule has 16 heavy (non-hydrogen) atoms. The van der Waals surface area contributed by atoms with Crippen molar-refractivity contribution in [1.82, 2.24) is 0 Å². The average Bonchev–Trinajstić information content (AvgIpc) is 2.20. The second-order valence-electron chi connectivity index (χ2n) is 3.91. The Balaban J connectivity index is 2.90. The molecule has 0 aliphatic heterocycles. The molecule has 0 saturated heterocycles. The van der Waals surface area contributed by atoms with E-state index in [9.17, 15) is 4.79 Å². The SMILES string of the molecule is CCN(C(=O)CC(C)Cl)c1ccccc1C. The van der Waals surface area contributed by atoms with Crippen LogP contribution in [-0.4, -0.2) is 17.8 Å². The normalized spacial score (nSPS) is 12.2. The van der Waals surface area contributed by atoms with Gasteiger partial charge in [0.25, 0.3) is 0 Å². The monoisotopic (exact) mass is 239 g/mol. The smallest absolute Gasteiger partial charge is 0.228 e. The quantitative estimate of drug-likeness (QED) is 0.738. The summed E-state index contributed by atoms with van der Waals surface area (Å²) in [5, 5.41) is -0.120. The Kier molecular flexibility index (Phi) is 4.81. The van der Waals surface area contributed by atoms with Gasteiger partial charge in [-0.3, -0.25) is 4.79 Å². The first-order valence-electron chi connectivity index (χ1n) is 5.56. The fraction of sp³-hybridized carbons (Fsp3) is 0.462. The van der Waals surface area contributed by atoms with E-state index in [4.69, 9.17) is 11.6 Å². The van der Waals surface area contributed by atoms with E-state index in [0.717, 1.165) is 11.3 Å². The van der Waals surface area contributed by atoms with Crippen molar-refractivity contribution >= 4 is 23.2 Å². The van der Waals surface area contributed by atoms with Crippen LogP contribution in [0, 0.1) is 6.92 Å². The van der Waals surface area contributed by atoms with Crippen molar-refractivity contribution in [2.75, 3.05) is 11.4 Å². The lowest BCUT2D eigenvalue weighted by Gasteiger charge is -2.23. The third kappa shape index (κ3) is 3.24. The molecule has 2 nitrogen and oxygen atoms in total. The number of para-hydroxylation sites is 1. The number of amides is 1. The number of carbonyl (C=O) groups is 1. The van der Waals surface area contributed by atoms with Crippen molar-refractivity contribution in [3.05, 3.63) is 29.8 Å². The molecule has 0 aliphatic carbocycles. The molecule has 1 aromatic carbocycles. The summed E-state index contributed by atoms with van der Waals surface area (Å²) in [6.07, 6.45) is 0.379. The topological polar surface area (TPSA) is 20.3 Å². The number of nitrogens with zero attached hydrogens (tertiary/aromatic N) is 1. The fourth-order valence-electron chi connectivity index (χ4n) is 1.70. The summed E-state index contributed by atoms with van der Waals surface area (Å²) < 4.78 is 0. The van der Waals surface area contributed by atoms with Crippen molar-refractivity contribution in [3.8, 4) is 0 Å². The molecule has 0 aliphatic rings. The van der Waals surface area contributed by atoms with Gasteiger partial charge in [0.15, 0.2) is 0 Å². The molecule has 1 unspecified atom stereocenters. The van der Waals surface area contributed by atoms with Gasteiger partial charge >= 0.3 is 0 Å². The van der Waals surface area contributed by atoms with Crippen LogP contribution in [0.25, 0.3) is 0 Å². The van der Waals surface area contributed by atoms with Gasteiger partial charge in [-0.05, 0) is 32.4 Å². The highest BCUT2D eigenvalue weighted by atomic mass is 35.5. The predicted octanol–water partition coefficient (Wildman–Crippen LogP) is 3.37. The number of hydrogen-bond acceptors (Lipinski definition) is 1. The third-order valence-corrected chi connectivity index (χ3v) is 2.63. The summed E-state index contributed by atoms with van der Waals surface area (Å²) in [6.45, 7) is 6.50. The summed E-state index contributed by atoms with van der Waals surface area (Å²) in [5.74, 6) is 0.0827. The summed E-state index contributed by atoms with van der Waals surface area (Å²) in [6, 6.07) is 7.90. The van der Waals surface area contributed by atoms with Crippen LogP contribution < -0.4 is 4.90 Å². The maximum Gasteiger partial charge on any atom is 0.228 e. The average molecular weight is 240 g/mol. The molecule has 0 radical (unpaired) electrons. The summed E-state index contributed by atoms with van der Waals surface area (Å²) in [7, 11) is 0. The van der Waals surface area contributed by atoms with Crippen LogP contribution in [-0.2, 0) is 4.79 Å². The number of hydrogen-bond donors (Lipinski definition) is 0. The van der Waals surface area contributed by atoms with E-state index in [0.29, 0.717) is 13.0 Å². The number of rotatable bonds is 4. The molecule has 1 amide bonds. The van der Waals surface area contributed by atoms with E-state index < -0.39 is 0 Å². The number of anilines is 1. The van der Waals surface area contributed by atoms with Gasteiger partial charge in [0.2, 0.25) is 5.91 Å². The molecule has 1 aromatic rings. The highest BCUT2D eigenvalue weighted by Crippen LogP contribution is 2.20. The lowest BCUT2D eigenvalue weighted by Crippen LogP contribution is -2.32. The highest BCUT2D eigenvalue weighted by Gasteiger charge is 2.16. The van der Waals surface area contributed by atoms with Gasteiger partial charge in [0.05, 0.1) is 0 Å². The van der Waals surface area contributed by atoms with E-state index in [2.05, 4.69) is 0 Å². The maximum absolute atomic E-state index is 12.0. The van der Waals surface area contributed by atoms with Crippen molar-refractivity contribution in [1.29, 1.82) is 0 Å². The first-order valence-corrected chi connectivity index (χ1v) is 6.00. The molecule has 3 heteroatoms. The van der Waals surface area contributed by atoms with E-state index in [1.807, 2.05) is 45.0 Å². The fourth-order valence-corrected chi connectivity index (χ4v) is 1.83. The molecule has 0 fully saturated rings. The van der Waals surface area contributed by atoms with Gasteiger partial charge in [-0.1, -0.05) is 18.2 Å². The number of halogens is 1. The van der Waals surface area contributed by atoms with Gasteiger partial charge in [-0.2, -0.15) is 0 Å². The molecule has 0 heterocycles. The van der Waals surface area contributed by atoms with Gasteiger partial charge in [0.1, 0.15) is 0 Å². The molecular weight excluding hydrogens is 222 g/mol. The van der Waals surface area contributed by atoms with Crippen molar-refractivity contribution < 1.29 is 4.79 Å². The zero-order valence-corrected chi connectivity index (χ0v) is 10.8. The number of benzene rings is 1. The molecule has 88 valence electrons. The Morgan fingerprint density at radius 1 is 1.44 bits per heavy atom. The van der Waals surface area contributed by atoms with Crippen LogP contribution in [0.4, 0.5) is 5.69 Å². The van der Waals surface area contributed by atoms with Crippen LogP contribution in [0.2, 0.25) is 0 Å². The lowest BCUT2D eigenvalue weighted by atomic mass is 10.1. The van der Waals surface area contributed by atoms with Crippen molar-refractivity contribution in [3.63, 3.8) is 0 Å². The Morgan fingerprint density at radius 3 is 2.56 bits per heavy atom. The van der Waals surface area contributed by atoms with Gasteiger partial charge in [-0.25, -0.2) is 0 Å². The number of alkyl halides is 1. The second kappa shape index (κ2) is 5.90. The summed E-state index contributed by atoms with van der Waals surface area (Å²) in [4.78, 5) is 13.8. The molecule has 0 N–H and O–H groups in total. The van der Waals surface area contributed by atoms with E-state index in [1.165, 1.54) is 0 Å². The Hall–Kier alpha value is -1.02. The first-order chi connectivity index (χ1) is 7.56. The molecular formula is C13H18ClNO. The van der Waals surface area contributed by atoms with Crippen LogP contribution in [0.15, 0.2) is 24.3 Å². The van der Waals surface area contributed by atoms with E-state index >= 15 is 0 Å². The summed E-state index contributed by atoms with van der Waals surface area (Å²) in [5.41, 5.74) is 2.09. The molecule has 0 aromatic heterocycles. The largest absolute Gasteiger partial charge is 0.312 e.